The van der Waals surface area contributed by atoms with E-state index in [1.165, 1.54) is 5.56 Å². The Morgan fingerprint density at radius 2 is 1.74 bits per heavy atom. The van der Waals surface area contributed by atoms with Crippen LogP contribution in [0.25, 0.3) is 0 Å². The molecule has 0 fully saturated rings. The van der Waals surface area contributed by atoms with Gasteiger partial charge < -0.3 is 11.1 Å². The van der Waals surface area contributed by atoms with Crippen molar-refractivity contribution in [3.05, 3.63) is 65.2 Å². The second-order valence-electron chi connectivity index (χ2n) is 4.67. The average molecular weight is 254 g/mol. The molecular formula is C16H18N2O. The zero-order valence-electron chi connectivity index (χ0n) is 11.2. The molecule has 0 unspecified atom stereocenters. The number of hydrogen-bond acceptors (Lipinski definition) is 2. The minimum Gasteiger partial charge on any atom is -0.399 e. The summed E-state index contributed by atoms with van der Waals surface area (Å²) in [5, 5.41) is 2.99. The Morgan fingerprint density at radius 3 is 2.37 bits per heavy atom. The van der Waals surface area contributed by atoms with E-state index in [0.717, 1.165) is 5.56 Å². The summed E-state index contributed by atoms with van der Waals surface area (Å²) in [6, 6.07) is 14.9. The van der Waals surface area contributed by atoms with Gasteiger partial charge in [-0.2, -0.15) is 0 Å². The summed E-state index contributed by atoms with van der Waals surface area (Å²) in [6.07, 6.45) is 0. The minimum absolute atomic E-state index is 0.0220. The number of benzene rings is 2. The maximum Gasteiger partial charge on any atom is 0.251 e. The Labute approximate surface area is 113 Å². The van der Waals surface area contributed by atoms with Crippen molar-refractivity contribution in [1.29, 1.82) is 0 Å². The number of aryl methyl sites for hydroxylation is 1. The minimum atomic E-state index is -0.0873. The maximum atomic E-state index is 12.1. The number of carbonyl (C=O) groups is 1. The summed E-state index contributed by atoms with van der Waals surface area (Å²) in [5.41, 5.74) is 9.19. The molecule has 1 amide bonds. The number of carbonyl (C=O) groups excluding carboxylic acids is 1. The van der Waals surface area contributed by atoms with Crippen molar-refractivity contribution in [2.45, 2.75) is 19.9 Å². The molecule has 0 heterocycles. The zero-order valence-corrected chi connectivity index (χ0v) is 11.2. The van der Waals surface area contributed by atoms with Gasteiger partial charge in [0.1, 0.15) is 0 Å². The van der Waals surface area contributed by atoms with Crippen LogP contribution in [0.15, 0.2) is 48.5 Å². The van der Waals surface area contributed by atoms with E-state index in [1.54, 1.807) is 24.3 Å². The van der Waals surface area contributed by atoms with Gasteiger partial charge in [-0.15, -0.1) is 0 Å². The Bertz CT molecular complexity index is 576. The smallest absolute Gasteiger partial charge is 0.251 e. The van der Waals surface area contributed by atoms with E-state index in [9.17, 15) is 4.79 Å². The van der Waals surface area contributed by atoms with Crippen molar-refractivity contribution in [2.24, 2.45) is 0 Å². The van der Waals surface area contributed by atoms with Crippen LogP contribution in [0.1, 0.15) is 34.5 Å². The molecular weight excluding hydrogens is 236 g/mol. The average Bonchev–Trinajstić information content (AvgIpc) is 2.39. The lowest BCUT2D eigenvalue weighted by molar-refractivity contribution is 0.0940. The first-order chi connectivity index (χ1) is 9.08. The van der Waals surface area contributed by atoms with Crippen LogP contribution in [0.2, 0.25) is 0 Å². The first kappa shape index (κ1) is 13.1. The molecule has 0 spiro atoms. The molecule has 19 heavy (non-hydrogen) atoms. The molecule has 0 aromatic heterocycles. The molecule has 2 aromatic carbocycles. The molecule has 0 saturated carbocycles. The SMILES string of the molecule is Cc1ccccc1[C@@H](C)NC(=O)c1ccc(N)cc1. The van der Waals surface area contributed by atoms with E-state index < -0.39 is 0 Å². The van der Waals surface area contributed by atoms with Crippen molar-refractivity contribution >= 4 is 11.6 Å². The number of nitrogens with two attached hydrogens (primary N) is 1. The number of nitrogen functional groups attached to an aromatic ring is 1. The zero-order chi connectivity index (χ0) is 13.8. The van der Waals surface area contributed by atoms with E-state index in [2.05, 4.69) is 5.32 Å². The van der Waals surface area contributed by atoms with Gasteiger partial charge in [0.15, 0.2) is 0 Å². The van der Waals surface area contributed by atoms with Gasteiger partial charge in [-0.05, 0) is 49.2 Å². The van der Waals surface area contributed by atoms with Gasteiger partial charge in [0.2, 0.25) is 0 Å². The van der Waals surface area contributed by atoms with Crippen molar-refractivity contribution in [3.63, 3.8) is 0 Å². The second kappa shape index (κ2) is 5.57. The Hall–Kier alpha value is -2.29. The summed E-state index contributed by atoms with van der Waals surface area (Å²) in [5.74, 6) is -0.0873. The van der Waals surface area contributed by atoms with Crippen LogP contribution in [-0.2, 0) is 0 Å². The molecule has 3 nitrogen and oxygen atoms in total. The van der Waals surface area contributed by atoms with Crippen LogP contribution in [0, 0.1) is 6.92 Å². The van der Waals surface area contributed by atoms with Gasteiger partial charge in [-0.1, -0.05) is 24.3 Å². The highest BCUT2D eigenvalue weighted by Crippen LogP contribution is 2.17. The van der Waals surface area contributed by atoms with Crippen molar-refractivity contribution in [2.75, 3.05) is 5.73 Å². The molecule has 98 valence electrons. The van der Waals surface area contributed by atoms with Crippen LogP contribution < -0.4 is 11.1 Å². The van der Waals surface area contributed by atoms with E-state index in [-0.39, 0.29) is 11.9 Å². The number of rotatable bonds is 3. The van der Waals surface area contributed by atoms with Gasteiger partial charge in [-0.3, -0.25) is 4.79 Å². The standard InChI is InChI=1S/C16H18N2O/c1-11-5-3-4-6-15(11)12(2)18-16(19)13-7-9-14(17)10-8-13/h3-10,12H,17H2,1-2H3,(H,18,19)/t12-/m1/s1. The van der Waals surface area contributed by atoms with Crippen LogP contribution in [0.4, 0.5) is 5.69 Å². The Morgan fingerprint density at radius 1 is 1.11 bits per heavy atom. The van der Waals surface area contributed by atoms with E-state index >= 15 is 0 Å². The lowest BCUT2D eigenvalue weighted by atomic mass is 10.0. The van der Waals surface area contributed by atoms with Crippen molar-refractivity contribution in [3.8, 4) is 0 Å². The van der Waals surface area contributed by atoms with Crippen LogP contribution in [0.3, 0.4) is 0 Å². The number of anilines is 1. The summed E-state index contributed by atoms with van der Waals surface area (Å²) < 4.78 is 0. The molecule has 2 rings (SSSR count). The normalized spacial score (nSPS) is 11.9. The summed E-state index contributed by atoms with van der Waals surface area (Å²) in [4.78, 5) is 12.1. The molecule has 0 saturated heterocycles. The first-order valence-corrected chi connectivity index (χ1v) is 6.30. The third-order valence-corrected chi connectivity index (χ3v) is 3.18. The van der Waals surface area contributed by atoms with Gasteiger partial charge in [0.25, 0.3) is 5.91 Å². The third-order valence-electron chi connectivity index (χ3n) is 3.18. The van der Waals surface area contributed by atoms with Crippen LogP contribution in [-0.4, -0.2) is 5.91 Å². The summed E-state index contributed by atoms with van der Waals surface area (Å²) in [7, 11) is 0. The number of hydrogen-bond donors (Lipinski definition) is 2. The lowest BCUT2D eigenvalue weighted by Gasteiger charge is -2.16. The third kappa shape index (κ3) is 3.13. The fourth-order valence-corrected chi connectivity index (χ4v) is 2.06. The number of amides is 1. The number of nitrogens with one attached hydrogen (secondary N) is 1. The molecule has 0 aliphatic heterocycles. The molecule has 0 radical (unpaired) electrons. The summed E-state index contributed by atoms with van der Waals surface area (Å²) >= 11 is 0. The van der Waals surface area contributed by atoms with Crippen LogP contribution >= 0.6 is 0 Å². The molecule has 0 aliphatic carbocycles. The maximum absolute atomic E-state index is 12.1. The van der Waals surface area contributed by atoms with E-state index in [1.807, 2.05) is 38.1 Å². The molecule has 1 atom stereocenters. The molecule has 0 bridgehead atoms. The van der Waals surface area contributed by atoms with Gasteiger partial charge >= 0.3 is 0 Å². The Balaban J connectivity index is 2.11. The molecule has 3 heteroatoms. The van der Waals surface area contributed by atoms with Gasteiger partial charge in [0.05, 0.1) is 6.04 Å². The quantitative estimate of drug-likeness (QED) is 0.827. The predicted octanol–water partition coefficient (Wildman–Crippen LogP) is 3.07. The van der Waals surface area contributed by atoms with Crippen LogP contribution in [0.5, 0.6) is 0 Å². The molecule has 3 N–H and O–H groups in total. The Kier molecular flexibility index (Phi) is 3.85. The lowest BCUT2D eigenvalue weighted by Crippen LogP contribution is -2.27. The monoisotopic (exact) mass is 254 g/mol. The second-order valence-corrected chi connectivity index (χ2v) is 4.67. The van der Waals surface area contributed by atoms with Gasteiger partial charge in [0, 0.05) is 11.3 Å². The fourth-order valence-electron chi connectivity index (χ4n) is 2.06. The fraction of sp³-hybridized carbons (Fsp3) is 0.188. The molecule has 2 aromatic rings. The highest BCUT2D eigenvalue weighted by molar-refractivity contribution is 5.94. The summed E-state index contributed by atoms with van der Waals surface area (Å²) in [6.45, 7) is 4.03. The largest absolute Gasteiger partial charge is 0.399 e. The highest BCUT2D eigenvalue weighted by Gasteiger charge is 2.12. The van der Waals surface area contributed by atoms with Gasteiger partial charge in [-0.25, -0.2) is 0 Å². The topological polar surface area (TPSA) is 55.1 Å². The van der Waals surface area contributed by atoms with E-state index in [4.69, 9.17) is 5.73 Å². The van der Waals surface area contributed by atoms with E-state index in [0.29, 0.717) is 11.3 Å². The van der Waals surface area contributed by atoms with Crippen molar-refractivity contribution < 1.29 is 4.79 Å². The highest BCUT2D eigenvalue weighted by atomic mass is 16.1. The molecule has 0 aliphatic rings. The first-order valence-electron chi connectivity index (χ1n) is 6.30. The predicted molar refractivity (Wildman–Crippen MR) is 77.9 cm³/mol. The van der Waals surface area contributed by atoms with Crippen molar-refractivity contribution in [1.82, 2.24) is 5.32 Å².